The number of carbonyl (C=O) groups is 1. The van der Waals surface area contributed by atoms with Gasteiger partial charge >= 0.3 is 0 Å². The lowest BCUT2D eigenvalue weighted by atomic mass is 10.5. The van der Waals surface area contributed by atoms with Crippen molar-refractivity contribution < 1.29 is 4.79 Å². The molecule has 1 fully saturated rings. The summed E-state index contributed by atoms with van der Waals surface area (Å²) in [7, 11) is 0. The Kier molecular flexibility index (Phi) is 8.12. The van der Waals surface area contributed by atoms with Gasteiger partial charge in [0, 0.05) is 0 Å². The summed E-state index contributed by atoms with van der Waals surface area (Å²) in [5, 5.41) is 2.47. The van der Waals surface area contributed by atoms with Crippen molar-refractivity contribution in [3.05, 3.63) is 0 Å². The van der Waals surface area contributed by atoms with Crippen LogP contribution in [0.1, 0.15) is 20.8 Å². The van der Waals surface area contributed by atoms with E-state index < -0.39 is 0 Å². The third kappa shape index (κ3) is 6.34. The maximum atomic E-state index is 10.2. The molecule has 0 aromatic heterocycles. The van der Waals surface area contributed by atoms with Gasteiger partial charge in [-0.05, 0) is 19.6 Å². The number of hydrogen-bond acceptors (Lipinski definition) is 4. The van der Waals surface area contributed by atoms with E-state index in [1.54, 1.807) is 0 Å². The zero-order chi connectivity index (χ0) is 11.0. The highest BCUT2D eigenvalue weighted by Crippen LogP contribution is 2.06. The average molecular weight is 234 g/mol. The molecule has 1 amide bonds. The van der Waals surface area contributed by atoms with Crippen LogP contribution in [0.15, 0.2) is 0 Å². The molecule has 5 heteroatoms. The van der Waals surface area contributed by atoms with Gasteiger partial charge in [-0.2, -0.15) is 0 Å². The van der Waals surface area contributed by atoms with Gasteiger partial charge in [-0.3, -0.25) is 4.79 Å². The Morgan fingerprint density at radius 3 is 1.93 bits per heavy atom. The fraction of sp³-hybridized carbons (Fsp3) is 0.778. The summed E-state index contributed by atoms with van der Waals surface area (Å²) >= 11 is 6.00. The first-order chi connectivity index (χ1) is 6.63. The van der Waals surface area contributed by atoms with Crippen molar-refractivity contribution in [2.75, 3.05) is 25.4 Å². The largest absolute Gasteiger partial charge is 0.311 e. The zero-order valence-electron chi connectivity index (χ0n) is 9.00. The number of thioether (sulfide) groups is 1. The summed E-state index contributed by atoms with van der Waals surface area (Å²) in [6.07, 6.45) is 0. The normalized spacial score (nSPS) is 15.1. The third-order valence-electron chi connectivity index (χ3n) is 1.92. The van der Waals surface area contributed by atoms with Crippen molar-refractivity contribution in [3.63, 3.8) is 0 Å². The summed E-state index contributed by atoms with van der Waals surface area (Å²) < 4.78 is 0.602. The van der Waals surface area contributed by atoms with E-state index in [-0.39, 0.29) is 5.91 Å². The summed E-state index contributed by atoms with van der Waals surface area (Å²) in [4.78, 5) is 12.6. The van der Waals surface area contributed by atoms with Gasteiger partial charge in [-0.25, -0.2) is 0 Å². The molecule has 1 saturated heterocycles. The van der Waals surface area contributed by atoms with E-state index in [9.17, 15) is 4.79 Å². The topological polar surface area (TPSA) is 32.3 Å². The SMILES string of the molecule is CCN(CC)CC.O=C1CSC(=S)N1. The van der Waals surface area contributed by atoms with E-state index in [2.05, 4.69) is 43.2 Å². The highest BCUT2D eigenvalue weighted by atomic mass is 32.2. The van der Waals surface area contributed by atoms with Crippen molar-refractivity contribution in [2.24, 2.45) is 0 Å². The Labute approximate surface area is 95.6 Å². The molecule has 1 rings (SSSR count). The average Bonchev–Trinajstić information content (AvgIpc) is 2.54. The zero-order valence-corrected chi connectivity index (χ0v) is 10.6. The van der Waals surface area contributed by atoms with Crippen LogP contribution in [0.4, 0.5) is 0 Å². The molecule has 1 N–H and O–H groups in total. The molecule has 0 aliphatic carbocycles. The highest BCUT2D eigenvalue weighted by Gasteiger charge is 2.13. The van der Waals surface area contributed by atoms with Crippen molar-refractivity contribution in [2.45, 2.75) is 20.8 Å². The van der Waals surface area contributed by atoms with Crippen LogP contribution in [0.3, 0.4) is 0 Å². The lowest BCUT2D eigenvalue weighted by Gasteiger charge is -2.13. The Balaban J connectivity index is 0.000000241. The molecular formula is C9H18N2OS2. The number of nitrogens with one attached hydrogen (secondary N) is 1. The molecule has 0 saturated carbocycles. The van der Waals surface area contributed by atoms with Crippen LogP contribution in [-0.4, -0.2) is 40.5 Å². The Morgan fingerprint density at radius 1 is 1.36 bits per heavy atom. The monoisotopic (exact) mass is 234 g/mol. The number of amides is 1. The number of rotatable bonds is 3. The number of thiocarbonyl (C=S) groups is 1. The third-order valence-corrected chi connectivity index (χ3v) is 3.14. The van der Waals surface area contributed by atoms with Gasteiger partial charge in [0.15, 0.2) is 0 Å². The van der Waals surface area contributed by atoms with Gasteiger partial charge in [0.25, 0.3) is 0 Å². The second kappa shape index (κ2) is 8.20. The minimum Gasteiger partial charge on any atom is -0.311 e. The van der Waals surface area contributed by atoms with Gasteiger partial charge < -0.3 is 10.2 Å². The lowest BCUT2D eigenvalue weighted by Crippen LogP contribution is -2.21. The van der Waals surface area contributed by atoms with E-state index >= 15 is 0 Å². The molecule has 1 aliphatic heterocycles. The van der Waals surface area contributed by atoms with E-state index in [1.807, 2.05) is 0 Å². The van der Waals surface area contributed by atoms with E-state index in [1.165, 1.54) is 31.4 Å². The second-order valence-corrected chi connectivity index (χ2v) is 4.40. The van der Waals surface area contributed by atoms with Crippen LogP contribution in [0.25, 0.3) is 0 Å². The molecule has 1 heterocycles. The van der Waals surface area contributed by atoms with E-state index in [0.717, 1.165) is 0 Å². The van der Waals surface area contributed by atoms with Crippen molar-refractivity contribution in [3.8, 4) is 0 Å². The number of nitrogens with zero attached hydrogens (tertiary/aromatic N) is 1. The molecule has 14 heavy (non-hydrogen) atoms. The number of hydrogen-bond donors (Lipinski definition) is 1. The summed E-state index contributed by atoms with van der Waals surface area (Å²) in [5.74, 6) is 0.522. The molecule has 0 aromatic rings. The van der Waals surface area contributed by atoms with E-state index in [4.69, 9.17) is 0 Å². The van der Waals surface area contributed by atoms with Gasteiger partial charge in [0.2, 0.25) is 5.91 Å². The van der Waals surface area contributed by atoms with Crippen molar-refractivity contribution in [1.82, 2.24) is 10.2 Å². The maximum absolute atomic E-state index is 10.2. The van der Waals surface area contributed by atoms with Gasteiger partial charge in [0.05, 0.1) is 5.75 Å². The molecular weight excluding hydrogens is 216 g/mol. The quantitative estimate of drug-likeness (QED) is 0.750. The minimum atomic E-state index is 0.0231. The molecule has 0 atom stereocenters. The summed E-state index contributed by atoms with van der Waals surface area (Å²) in [6.45, 7) is 10.1. The molecule has 0 radical (unpaired) electrons. The standard InChI is InChI=1S/C6H15N.C3H3NOS2/c1-4-7(5-2)6-3;5-2-1-7-3(6)4-2/h4-6H2,1-3H3;1H2,(H,4,5,6). The predicted octanol–water partition coefficient (Wildman–Crippen LogP) is 1.48. The first-order valence-corrected chi connectivity index (χ1v) is 6.22. The van der Waals surface area contributed by atoms with Crippen LogP contribution in [0.5, 0.6) is 0 Å². The second-order valence-electron chi connectivity index (χ2n) is 2.74. The van der Waals surface area contributed by atoms with Crippen molar-refractivity contribution >= 4 is 34.2 Å². The van der Waals surface area contributed by atoms with Gasteiger partial charge in [-0.15, -0.1) is 0 Å². The molecule has 0 bridgehead atoms. The first kappa shape index (κ1) is 13.9. The molecule has 82 valence electrons. The smallest absolute Gasteiger partial charge is 0.235 e. The van der Waals surface area contributed by atoms with Crippen LogP contribution in [-0.2, 0) is 4.79 Å². The predicted molar refractivity (Wildman–Crippen MR) is 66.7 cm³/mol. The van der Waals surface area contributed by atoms with Gasteiger partial charge in [0.1, 0.15) is 4.32 Å². The van der Waals surface area contributed by atoms with Crippen molar-refractivity contribution in [1.29, 1.82) is 0 Å². The Bertz CT molecular complexity index is 174. The fourth-order valence-electron chi connectivity index (χ4n) is 0.988. The highest BCUT2D eigenvalue weighted by molar-refractivity contribution is 8.24. The molecule has 1 aliphatic rings. The van der Waals surface area contributed by atoms with Crippen LogP contribution < -0.4 is 5.32 Å². The van der Waals surface area contributed by atoms with Gasteiger partial charge in [-0.1, -0.05) is 44.8 Å². The van der Waals surface area contributed by atoms with Crippen LogP contribution in [0.2, 0.25) is 0 Å². The van der Waals surface area contributed by atoms with Crippen LogP contribution in [0, 0.1) is 0 Å². The summed E-state index contributed by atoms with van der Waals surface area (Å²) in [5.41, 5.74) is 0. The Hall–Kier alpha value is -0.130. The van der Waals surface area contributed by atoms with E-state index in [0.29, 0.717) is 10.1 Å². The molecule has 0 aromatic carbocycles. The number of carbonyl (C=O) groups excluding carboxylic acids is 1. The van der Waals surface area contributed by atoms with Crippen LogP contribution >= 0.6 is 24.0 Å². The lowest BCUT2D eigenvalue weighted by molar-refractivity contribution is -0.116. The Morgan fingerprint density at radius 2 is 1.86 bits per heavy atom. The fourth-order valence-corrected chi connectivity index (χ4v) is 1.80. The molecule has 0 spiro atoms. The minimum absolute atomic E-state index is 0.0231. The maximum Gasteiger partial charge on any atom is 0.235 e. The molecule has 0 unspecified atom stereocenters. The molecule has 3 nitrogen and oxygen atoms in total. The summed E-state index contributed by atoms with van der Waals surface area (Å²) in [6, 6.07) is 0. The first-order valence-electron chi connectivity index (χ1n) is 4.82.